The topological polar surface area (TPSA) is 49.4 Å². The van der Waals surface area contributed by atoms with E-state index in [1.54, 1.807) is 18.7 Å². The van der Waals surface area contributed by atoms with Gasteiger partial charge in [-0.05, 0) is 20.3 Å². The molecule has 0 atom stereocenters. The molecule has 1 saturated heterocycles. The highest BCUT2D eigenvalue weighted by Crippen LogP contribution is 2.21. The molecule has 1 rings (SSSR count). The number of nitrogens with zero attached hydrogens (tertiary/aromatic N) is 1. The van der Waals surface area contributed by atoms with Crippen molar-refractivity contribution in [1.29, 1.82) is 0 Å². The van der Waals surface area contributed by atoms with E-state index in [1.807, 2.05) is 0 Å². The normalized spacial score (nSPS) is 18.3. The standard InChI is InChI=1S/C14H26N2O2/c1-4-5-6-7-8-9-10-11-16-13(18)15-12(17)14(16,2)3/h4-11H2,1-3H3,(H,15,17,18). The molecule has 1 N–H and O–H groups in total. The second-order valence-electron chi connectivity index (χ2n) is 5.59. The van der Waals surface area contributed by atoms with Gasteiger partial charge in [0.2, 0.25) is 0 Å². The summed E-state index contributed by atoms with van der Waals surface area (Å²) >= 11 is 0. The van der Waals surface area contributed by atoms with Gasteiger partial charge in [-0.15, -0.1) is 0 Å². The van der Waals surface area contributed by atoms with Gasteiger partial charge < -0.3 is 4.90 Å². The van der Waals surface area contributed by atoms with Crippen LogP contribution in [0.4, 0.5) is 4.79 Å². The monoisotopic (exact) mass is 254 g/mol. The molecule has 104 valence electrons. The molecule has 0 bridgehead atoms. The zero-order valence-corrected chi connectivity index (χ0v) is 11.9. The minimum Gasteiger partial charge on any atom is -0.310 e. The highest BCUT2D eigenvalue weighted by Gasteiger charge is 2.44. The molecule has 4 heteroatoms. The summed E-state index contributed by atoms with van der Waals surface area (Å²) in [6, 6.07) is -0.240. The number of carbonyl (C=O) groups excluding carboxylic acids is 2. The molecule has 1 aliphatic rings. The van der Waals surface area contributed by atoms with Crippen molar-refractivity contribution in [3.05, 3.63) is 0 Å². The molecule has 4 nitrogen and oxygen atoms in total. The van der Waals surface area contributed by atoms with Gasteiger partial charge >= 0.3 is 6.03 Å². The van der Waals surface area contributed by atoms with E-state index in [0.29, 0.717) is 6.54 Å². The number of urea groups is 1. The zero-order chi connectivity index (χ0) is 13.6. The Hall–Kier alpha value is -1.06. The summed E-state index contributed by atoms with van der Waals surface area (Å²) in [5.41, 5.74) is -0.681. The Balaban J connectivity index is 2.19. The molecule has 0 aromatic heterocycles. The lowest BCUT2D eigenvalue weighted by atomic mass is 10.0. The van der Waals surface area contributed by atoms with Gasteiger partial charge in [-0.25, -0.2) is 4.79 Å². The first-order valence-corrected chi connectivity index (χ1v) is 7.13. The van der Waals surface area contributed by atoms with E-state index in [1.165, 1.54) is 32.1 Å². The summed E-state index contributed by atoms with van der Waals surface area (Å²) in [6.07, 6.45) is 8.52. The van der Waals surface area contributed by atoms with Crippen LogP contribution in [0.2, 0.25) is 0 Å². The van der Waals surface area contributed by atoms with Crippen LogP contribution in [-0.2, 0) is 4.79 Å². The molecule has 0 aromatic rings. The third-order valence-corrected chi connectivity index (χ3v) is 3.68. The van der Waals surface area contributed by atoms with Crippen molar-refractivity contribution in [3.8, 4) is 0 Å². The maximum atomic E-state index is 11.6. The van der Waals surface area contributed by atoms with E-state index in [9.17, 15) is 9.59 Å². The molecular formula is C14H26N2O2. The first-order chi connectivity index (χ1) is 8.50. The molecule has 0 aliphatic carbocycles. The van der Waals surface area contributed by atoms with Crippen LogP contribution in [0, 0.1) is 0 Å². The van der Waals surface area contributed by atoms with Crippen molar-refractivity contribution in [2.24, 2.45) is 0 Å². The van der Waals surface area contributed by atoms with Crippen molar-refractivity contribution in [2.45, 2.75) is 71.3 Å². The van der Waals surface area contributed by atoms with Crippen LogP contribution in [0.3, 0.4) is 0 Å². The van der Waals surface area contributed by atoms with Crippen molar-refractivity contribution in [2.75, 3.05) is 6.54 Å². The zero-order valence-electron chi connectivity index (χ0n) is 11.9. The van der Waals surface area contributed by atoms with Crippen LogP contribution >= 0.6 is 0 Å². The third kappa shape index (κ3) is 3.72. The summed E-state index contributed by atoms with van der Waals surface area (Å²) in [6.45, 7) is 6.49. The number of rotatable bonds is 8. The Bertz CT molecular complexity index is 300. The minimum atomic E-state index is -0.681. The molecule has 0 spiro atoms. The van der Waals surface area contributed by atoms with Crippen molar-refractivity contribution in [1.82, 2.24) is 10.2 Å². The van der Waals surface area contributed by atoms with E-state index >= 15 is 0 Å². The first kappa shape index (κ1) is 15.0. The number of hydrogen-bond acceptors (Lipinski definition) is 2. The van der Waals surface area contributed by atoms with Gasteiger partial charge in [-0.1, -0.05) is 45.4 Å². The van der Waals surface area contributed by atoms with Crippen LogP contribution in [0.5, 0.6) is 0 Å². The number of nitrogens with one attached hydrogen (secondary N) is 1. The number of unbranched alkanes of at least 4 members (excludes halogenated alkanes) is 6. The van der Waals surface area contributed by atoms with Gasteiger partial charge in [0.25, 0.3) is 5.91 Å². The van der Waals surface area contributed by atoms with Crippen LogP contribution in [-0.4, -0.2) is 28.9 Å². The summed E-state index contributed by atoms with van der Waals surface area (Å²) in [4.78, 5) is 24.8. The van der Waals surface area contributed by atoms with Crippen LogP contribution in [0.15, 0.2) is 0 Å². The maximum absolute atomic E-state index is 11.6. The minimum absolute atomic E-state index is 0.185. The molecule has 0 radical (unpaired) electrons. The van der Waals surface area contributed by atoms with Gasteiger partial charge in [-0.2, -0.15) is 0 Å². The SMILES string of the molecule is CCCCCCCCCN1C(=O)NC(=O)C1(C)C. The number of amides is 3. The lowest BCUT2D eigenvalue weighted by molar-refractivity contribution is -0.125. The average molecular weight is 254 g/mol. The highest BCUT2D eigenvalue weighted by molar-refractivity contribution is 6.06. The Labute approximate surface area is 110 Å². The van der Waals surface area contributed by atoms with E-state index in [0.717, 1.165) is 12.8 Å². The fourth-order valence-corrected chi connectivity index (χ4v) is 2.30. The van der Waals surface area contributed by atoms with Gasteiger partial charge in [0, 0.05) is 6.54 Å². The number of hydrogen-bond donors (Lipinski definition) is 1. The van der Waals surface area contributed by atoms with E-state index < -0.39 is 5.54 Å². The van der Waals surface area contributed by atoms with Crippen molar-refractivity contribution >= 4 is 11.9 Å². The summed E-state index contributed by atoms with van der Waals surface area (Å²) in [5.74, 6) is -0.185. The average Bonchev–Trinajstić information content (AvgIpc) is 2.49. The Morgan fingerprint density at radius 1 is 1.00 bits per heavy atom. The second kappa shape index (κ2) is 6.76. The largest absolute Gasteiger partial charge is 0.324 e. The number of carbonyl (C=O) groups is 2. The van der Waals surface area contributed by atoms with Crippen LogP contribution in [0.1, 0.15) is 65.7 Å². The fraction of sp³-hybridized carbons (Fsp3) is 0.857. The van der Waals surface area contributed by atoms with Crippen LogP contribution < -0.4 is 5.32 Å². The molecule has 18 heavy (non-hydrogen) atoms. The summed E-state index contributed by atoms with van der Waals surface area (Å²) < 4.78 is 0. The van der Waals surface area contributed by atoms with Crippen molar-refractivity contribution < 1.29 is 9.59 Å². The Morgan fingerprint density at radius 2 is 1.56 bits per heavy atom. The Morgan fingerprint density at radius 3 is 2.06 bits per heavy atom. The predicted octanol–water partition coefficient (Wildman–Crippen LogP) is 3.07. The van der Waals surface area contributed by atoms with E-state index in [4.69, 9.17) is 0 Å². The quantitative estimate of drug-likeness (QED) is 0.534. The molecule has 0 saturated carbocycles. The van der Waals surface area contributed by atoms with E-state index in [2.05, 4.69) is 12.2 Å². The molecule has 0 aromatic carbocycles. The second-order valence-corrected chi connectivity index (χ2v) is 5.59. The van der Waals surface area contributed by atoms with Gasteiger partial charge in [0.15, 0.2) is 0 Å². The molecule has 3 amide bonds. The highest BCUT2D eigenvalue weighted by atomic mass is 16.2. The van der Waals surface area contributed by atoms with Gasteiger partial charge in [0.05, 0.1) is 0 Å². The first-order valence-electron chi connectivity index (χ1n) is 7.13. The maximum Gasteiger partial charge on any atom is 0.324 e. The summed E-state index contributed by atoms with van der Waals surface area (Å²) in [7, 11) is 0. The molecule has 1 aliphatic heterocycles. The van der Waals surface area contributed by atoms with Crippen molar-refractivity contribution in [3.63, 3.8) is 0 Å². The predicted molar refractivity (Wildman–Crippen MR) is 72.3 cm³/mol. The fourth-order valence-electron chi connectivity index (χ4n) is 2.30. The third-order valence-electron chi connectivity index (χ3n) is 3.68. The smallest absolute Gasteiger partial charge is 0.310 e. The Kier molecular flexibility index (Phi) is 5.63. The van der Waals surface area contributed by atoms with E-state index in [-0.39, 0.29) is 11.9 Å². The lowest BCUT2D eigenvalue weighted by Crippen LogP contribution is -2.44. The summed E-state index contributed by atoms with van der Waals surface area (Å²) in [5, 5.41) is 2.37. The van der Waals surface area contributed by atoms with Crippen LogP contribution in [0.25, 0.3) is 0 Å². The number of imide groups is 1. The van der Waals surface area contributed by atoms with Gasteiger partial charge in [-0.3, -0.25) is 10.1 Å². The molecule has 1 fully saturated rings. The lowest BCUT2D eigenvalue weighted by Gasteiger charge is -2.27. The molecule has 1 heterocycles. The molecular weight excluding hydrogens is 228 g/mol. The molecule has 0 unspecified atom stereocenters. The van der Waals surface area contributed by atoms with Gasteiger partial charge in [0.1, 0.15) is 5.54 Å².